The van der Waals surface area contributed by atoms with Gasteiger partial charge in [-0.15, -0.1) is 0 Å². The summed E-state index contributed by atoms with van der Waals surface area (Å²) in [6, 6.07) is 13.3. The fraction of sp³-hybridized carbons (Fsp3) is 0.552. The summed E-state index contributed by atoms with van der Waals surface area (Å²) in [6.45, 7) is 5.74. The molecular weight excluding hydrogens is 480 g/mol. The summed E-state index contributed by atoms with van der Waals surface area (Å²) in [5, 5.41) is 12.2. The summed E-state index contributed by atoms with van der Waals surface area (Å²) in [4.78, 5) is 19.4. The van der Waals surface area contributed by atoms with E-state index < -0.39 is 0 Å². The number of anilines is 1. The van der Waals surface area contributed by atoms with E-state index in [4.69, 9.17) is 14.5 Å². The number of fused-ring (bicyclic) bond motifs is 3. The Morgan fingerprint density at radius 2 is 1.95 bits per heavy atom. The molecule has 3 saturated heterocycles. The van der Waals surface area contributed by atoms with Crippen molar-refractivity contribution < 1.29 is 14.3 Å². The molecule has 0 spiro atoms. The third kappa shape index (κ3) is 5.43. The minimum Gasteiger partial charge on any atom is -0.472 e. The molecule has 1 aromatic carbocycles. The number of nitrogens with one attached hydrogen (secondary N) is 2. The van der Waals surface area contributed by atoms with Crippen LogP contribution in [0.3, 0.4) is 0 Å². The second-order valence-corrected chi connectivity index (χ2v) is 11.3. The second-order valence-electron chi connectivity index (χ2n) is 11.3. The van der Waals surface area contributed by atoms with E-state index in [1.165, 1.54) is 12.8 Å². The molecule has 202 valence electrons. The van der Waals surface area contributed by atoms with Crippen LogP contribution >= 0.6 is 0 Å². The maximum Gasteiger partial charge on any atom is 0.410 e. The number of carbonyl (C=O) groups excluding carboxylic acids is 1. The van der Waals surface area contributed by atoms with Crippen molar-refractivity contribution in [3.05, 3.63) is 53.7 Å². The molecule has 3 fully saturated rings. The lowest BCUT2D eigenvalue weighted by Gasteiger charge is -2.32. The van der Waals surface area contributed by atoms with Crippen molar-refractivity contribution in [2.75, 3.05) is 18.4 Å². The SMILES string of the molecule is CC(C)c1cnn2c(NC3CC4CCC(C3)N4)cc(O[C@@H]3CCCN(C(=O)OCc4ccccc4)C3)nc12. The Hall–Kier alpha value is -3.33. The minimum atomic E-state index is -0.300. The molecule has 3 aliphatic heterocycles. The van der Waals surface area contributed by atoms with Gasteiger partial charge in [0.25, 0.3) is 0 Å². The molecular formula is C29H38N6O3. The highest BCUT2D eigenvalue weighted by molar-refractivity contribution is 5.67. The van der Waals surface area contributed by atoms with Crippen LogP contribution in [0.2, 0.25) is 0 Å². The predicted octanol–water partition coefficient (Wildman–Crippen LogP) is 4.73. The van der Waals surface area contributed by atoms with Crippen LogP contribution in [-0.4, -0.2) is 62.9 Å². The Morgan fingerprint density at radius 3 is 2.71 bits per heavy atom. The standard InChI is InChI=1S/C29H38N6O3/c1-19(2)25-16-30-35-26(32-23-13-21-10-11-22(14-23)31-21)15-27(33-28(25)35)38-24-9-6-12-34(17-24)29(36)37-18-20-7-4-3-5-8-20/h3-5,7-8,15-16,19,21-24,31-32H,6,9-14,17-18H2,1-2H3/t21?,22?,23?,24-/m1/s1. The van der Waals surface area contributed by atoms with Gasteiger partial charge in [-0.1, -0.05) is 44.2 Å². The molecule has 0 aliphatic carbocycles. The average Bonchev–Trinajstić information content (AvgIpc) is 3.51. The monoisotopic (exact) mass is 518 g/mol. The largest absolute Gasteiger partial charge is 0.472 e. The van der Waals surface area contributed by atoms with Crippen LogP contribution in [0.4, 0.5) is 10.6 Å². The fourth-order valence-corrected chi connectivity index (χ4v) is 6.09. The van der Waals surface area contributed by atoms with Crippen LogP contribution in [0.1, 0.15) is 69.4 Å². The molecule has 5 heterocycles. The van der Waals surface area contributed by atoms with Crippen LogP contribution in [-0.2, 0) is 11.3 Å². The molecule has 1 amide bonds. The van der Waals surface area contributed by atoms with E-state index in [-0.39, 0.29) is 18.8 Å². The van der Waals surface area contributed by atoms with E-state index in [2.05, 4.69) is 29.6 Å². The zero-order valence-electron chi connectivity index (χ0n) is 22.3. The molecule has 3 aliphatic rings. The third-order valence-electron chi connectivity index (χ3n) is 8.05. The lowest BCUT2D eigenvalue weighted by molar-refractivity contribution is 0.0537. The van der Waals surface area contributed by atoms with Gasteiger partial charge in [-0.05, 0) is 50.0 Å². The molecule has 2 N–H and O–H groups in total. The summed E-state index contributed by atoms with van der Waals surface area (Å²) in [7, 11) is 0. The van der Waals surface area contributed by atoms with Crippen molar-refractivity contribution in [2.45, 2.75) is 89.1 Å². The first-order chi connectivity index (χ1) is 18.5. The summed E-state index contributed by atoms with van der Waals surface area (Å²) in [5.41, 5.74) is 2.90. The highest BCUT2D eigenvalue weighted by atomic mass is 16.6. The summed E-state index contributed by atoms with van der Waals surface area (Å²) >= 11 is 0. The van der Waals surface area contributed by atoms with Crippen molar-refractivity contribution in [3.8, 4) is 5.88 Å². The summed E-state index contributed by atoms with van der Waals surface area (Å²) in [5.74, 6) is 1.78. The third-order valence-corrected chi connectivity index (χ3v) is 8.05. The van der Waals surface area contributed by atoms with E-state index in [9.17, 15) is 4.79 Å². The average molecular weight is 519 g/mol. The number of benzene rings is 1. The molecule has 3 aromatic rings. The molecule has 0 saturated carbocycles. The van der Waals surface area contributed by atoms with Crippen LogP contribution in [0.15, 0.2) is 42.6 Å². The Morgan fingerprint density at radius 1 is 1.16 bits per heavy atom. The lowest BCUT2D eigenvalue weighted by atomic mass is 10.00. The van der Waals surface area contributed by atoms with E-state index in [1.54, 1.807) is 4.90 Å². The number of likely N-dealkylation sites (tertiary alicyclic amines) is 1. The Kier molecular flexibility index (Phi) is 7.10. The number of ether oxygens (including phenoxy) is 2. The molecule has 9 heteroatoms. The Labute approximate surface area is 223 Å². The zero-order valence-corrected chi connectivity index (χ0v) is 22.3. The second kappa shape index (κ2) is 10.8. The molecule has 3 atom stereocenters. The number of nitrogens with zero attached hydrogens (tertiary/aromatic N) is 4. The van der Waals surface area contributed by atoms with Gasteiger partial charge in [0.15, 0.2) is 5.65 Å². The maximum atomic E-state index is 12.8. The predicted molar refractivity (Wildman–Crippen MR) is 146 cm³/mol. The van der Waals surface area contributed by atoms with Crippen molar-refractivity contribution >= 4 is 17.6 Å². The fourth-order valence-electron chi connectivity index (χ4n) is 6.09. The topological polar surface area (TPSA) is 93.0 Å². The summed E-state index contributed by atoms with van der Waals surface area (Å²) in [6.07, 6.45) is 7.94. The molecule has 9 nitrogen and oxygen atoms in total. The normalized spacial score (nSPS) is 25.1. The van der Waals surface area contributed by atoms with Gasteiger partial charge in [0.1, 0.15) is 18.5 Å². The van der Waals surface area contributed by atoms with Gasteiger partial charge < -0.3 is 25.0 Å². The quantitative estimate of drug-likeness (QED) is 0.467. The molecule has 38 heavy (non-hydrogen) atoms. The highest BCUT2D eigenvalue weighted by Crippen LogP contribution is 2.31. The van der Waals surface area contributed by atoms with Crippen molar-refractivity contribution in [1.29, 1.82) is 0 Å². The van der Waals surface area contributed by atoms with E-state index in [0.29, 0.717) is 43.0 Å². The van der Waals surface area contributed by atoms with Gasteiger partial charge in [-0.3, -0.25) is 0 Å². The van der Waals surface area contributed by atoms with Crippen LogP contribution in [0.25, 0.3) is 5.65 Å². The van der Waals surface area contributed by atoms with Gasteiger partial charge in [-0.25, -0.2) is 4.79 Å². The van der Waals surface area contributed by atoms with E-state index in [0.717, 1.165) is 48.3 Å². The smallest absolute Gasteiger partial charge is 0.410 e. The first kappa shape index (κ1) is 25.0. The van der Waals surface area contributed by atoms with E-state index in [1.807, 2.05) is 47.1 Å². The van der Waals surface area contributed by atoms with Gasteiger partial charge in [0.2, 0.25) is 5.88 Å². The summed E-state index contributed by atoms with van der Waals surface area (Å²) < 4.78 is 13.9. The molecule has 2 bridgehead atoms. The molecule has 0 radical (unpaired) electrons. The molecule has 2 unspecified atom stereocenters. The van der Waals surface area contributed by atoms with Crippen LogP contribution in [0.5, 0.6) is 5.88 Å². The zero-order chi connectivity index (χ0) is 26.1. The van der Waals surface area contributed by atoms with Crippen LogP contribution in [0, 0.1) is 0 Å². The minimum absolute atomic E-state index is 0.143. The first-order valence-electron chi connectivity index (χ1n) is 14.1. The molecule has 6 rings (SSSR count). The number of piperidine rings is 2. The Bertz CT molecular complexity index is 1250. The van der Waals surface area contributed by atoms with Gasteiger partial charge in [-0.2, -0.15) is 14.6 Å². The first-order valence-corrected chi connectivity index (χ1v) is 14.1. The maximum absolute atomic E-state index is 12.8. The highest BCUT2D eigenvalue weighted by Gasteiger charge is 2.34. The number of carbonyl (C=O) groups is 1. The van der Waals surface area contributed by atoms with E-state index >= 15 is 0 Å². The Balaban J connectivity index is 1.17. The van der Waals surface area contributed by atoms with Crippen LogP contribution < -0.4 is 15.4 Å². The number of aromatic nitrogens is 3. The van der Waals surface area contributed by atoms with Gasteiger partial charge >= 0.3 is 6.09 Å². The molecule has 2 aromatic heterocycles. The van der Waals surface area contributed by atoms with Crippen molar-refractivity contribution in [3.63, 3.8) is 0 Å². The lowest BCUT2D eigenvalue weighted by Crippen LogP contribution is -2.44. The number of hydrogen-bond acceptors (Lipinski definition) is 7. The number of hydrogen-bond donors (Lipinski definition) is 2. The van der Waals surface area contributed by atoms with Crippen molar-refractivity contribution in [1.82, 2.24) is 24.8 Å². The number of rotatable bonds is 7. The van der Waals surface area contributed by atoms with Crippen molar-refractivity contribution in [2.24, 2.45) is 0 Å². The van der Waals surface area contributed by atoms with Gasteiger partial charge in [0.05, 0.1) is 12.7 Å². The number of amides is 1. The van der Waals surface area contributed by atoms with Gasteiger partial charge in [0, 0.05) is 36.3 Å².